The van der Waals surface area contributed by atoms with Crippen molar-refractivity contribution >= 4 is 11.7 Å². The maximum absolute atomic E-state index is 11.6. The minimum absolute atomic E-state index is 0.0254. The summed E-state index contributed by atoms with van der Waals surface area (Å²) in [4.78, 5) is 16.0. The number of amides is 1. The molecule has 2 rings (SSSR count). The second-order valence-electron chi connectivity index (χ2n) is 4.14. The van der Waals surface area contributed by atoms with E-state index in [2.05, 4.69) is 17.2 Å². The summed E-state index contributed by atoms with van der Waals surface area (Å²) in [5.41, 5.74) is 2.19. The van der Waals surface area contributed by atoms with Crippen molar-refractivity contribution in [3.63, 3.8) is 0 Å². The van der Waals surface area contributed by atoms with Crippen molar-refractivity contribution < 1.29 is 4.79 Å². The zero-order valence-corrected chi connectivity index (χ0v) is 9.66. The van der Waals surface area contributed by atoms with Crippen LogP contribution in [0.15, 0.2) is 29.3 Å². The van der Waals surface area contributed by atoms with Gasteiger partial charge in [0.15, 0.2) is 0 Å². The molecule has 1 heterocycles. The molecule has 0 radical (unpaired) electrons. The van der Waals surface area contributed by atoms with E-state index in [1.54, 1.807) is 0 Å². The Labute approximate surface area is 95.6 Å². The highest BCUT2D eigenvalue weighted by molar-refractivity contribution is 6.13. The van der Waals surface area contributed by atoms with Crippen LogP contribution >= 0.6 is 0 Å². The lowest BCUT2D eigenvalue weighted by molar-refractivity contribution is -0.120. The quantitative estimate of drug-likeness (QED) is 0.825. The molecule has 1 aliphatic heterocycles. The molecule has 1 atom stereocenters. The monoisotopic (exact) mass is 216 g/mol. The molecule has 0 aliphatic carbocycles. The molecule has 84 valence electrons. The van der Waals surface area contributed by atoms with E-state index in [9.17, 15) is 4.79 Å². The third-order valence-corrected chi connectivity index (χ3v) is 2.72. The van der Waals surface area contributed by atoms with Crippen LogP contribution < -0.4 is 5.32 Å². The van der Waals surface area contributed by atoms with Gasteiger partial charge in [-0.3, -0.25) is 9.79 Å². The maximum atomic E-state index is 11.6. The molecule has 0 saturated carbocycles. The molecule has 16 heavy (non-hydrogen) atoms. The third kappa shape index (κ3) is 2.13. The average Bonchev–Trinajstić information content (AvgIpc) is 2.62. The largest absolute Gasteiger partial charge is 0.309 e. The summed E-state index contributed by atoms with van der Waals surface area (Å²) < 4.78 is 0. The van der Waals surface area contributed by atoms with Crippen LogP contribution in [0.5, 0.6) is 0 Å². The van der Waals surface area contributed by atoms with E-state index in [0.717, 1.165) is 18.4 Å². The van der Waals surface area contributed by atoms with Gasteiger partial charge in [-0.2, -0.15) is 0 Å². The second kappa shape index (κ2) is 4.47. The number of hydrogen-bond acceptors (Lipinski definition) is 2. The summed E-state index contributed by atoms with van der Waals surface area (Å²) in [6.07, 6.45) is 1.80. The highest BCUT2D eigenvalue weighted by Crippen LogP contribution is 2.12. The minimum Gasteiger partial charge on any atom is -0.309 e. The minimum atomic E-state index is -0.193. The first-order valence-corrected chi connectivity index (χ1v) is 5.66. The van der Waals surface area contributed by atoms with Crippen LogP contribution in [-0.2, 0) is 4.79 Å². The fraction of sp³-hybridized carbons (Fsp3) is 0.385. The number of hydrogen-bond donors (Lipinski definition) is 1. The topological polar surface area (TPSA) is 41.5 Å². The van der Waals surface area contributed by atoms with E-state index in [0.29, 0.717) is 5.84 Å². The molecule has 0 fully saturated rings. The molecule has 0 saturated heterocycles. The van der Waals surface area contributed by atoms with Crippen molar-refractivity contribution in [2.45, 2.75) is 32.7 Å². The van der Waals surface area contributed by atoms with E-state index in [1.165, 1.54) is 5.56 Å². The Kier molecular flexibility index (Phi) is 3.04. The molecule has 0 spiro atoms. The van der Waals surface area contributed by atoms with E-state index in [1.807, 2.05) is 31.2 Å². The van der Waals surface area contributed by atoms with Crippen LogP contribution in [0.25, 0.3) is 0 Å². The van der Waals surface area contributed by atoms with Crippen LogP contribution in [0.2, 0.25) is 0 Å². The first-order chi connectivity index (χ1) is 7.70. The Morgan fingerprint density at radius 3 is 2.62 bits per heavy atom. The molecule has 0 bridgehead atoms. The zero-order chi connectivity index (χ0) is 11.5. The number of benzene rings is 1. The van der Waals surface area contributed by atoms with Gasteiger partial charge in [-0.15, -0.1) is 0 Å². The van der Waals surface area contributed by atoms with Crippen molar-refractivity contribution in [3.05, 3.63) is 35.4 Å². The Morgan fingerprint density at radius 1 is 1.31 bits per heavy atom. The van der Waals surface area contributed by atoms with Crippen molar-refractivity contribution in [2.75, 3.05) is 0 Å². The van der Waals surface area contributed by atoms with Gasteiger partial charge in [0.2, 0.25) is 5.91 Å². The van der Waals surface area contributed by atoms with Gasteiger partial charge in [0.05, 0.1) is 0 Å². The second-order valence-corrected chi connectivity index (χ2v) is 4.14. The van der Waals surface area contributed by atoms with Gasteiger partial charge in [-0.1, -0.05) is 43.2 Å². The van der Waals surface area contributed by atoms with E-state index in [-0.39, 0.29) is 11.9 Å². The van der Waals surface area contributed by atoms with Gasteiger partial charge in [-0.25, -0.2) is 0 Å². The Bertz CT molecular complexity index is 420. The van der Waals surface area contributed by atoms with Gasteiger partial charge < -0.3 is 5.32 Å². The number of aliphatic imine (C=N–C) groups is 1. The average molecular weight is 216 g/mol. The van der Waals surface area contributed by atoms with Crippen LogP contribution in [0.1, 0.15) is 30.9 Å². The maximum Gasteiger partial charge on any atom is 0.250 e. The summed E-state index contributed by atoms with van der Waals surface area (Å²) in [6.45, 7) is 4.10. The number of amidine groups is 1. The number of aryl methyl sites for hydroxylation is 1. The Balaban J connectivity index is 2.20. The highest BCUT2D eigenvalue weighted by atomic mass is 16.2. The standard InChI is InChI=1S/C13H16N2O/c1-3-4-11-13(16)15-12(14-11)10-7-5-9(2)6-8-10/h5-8,11H,3-4H2,1-2H3,(H,14,15,16). The van der Waals surface area contributed by atoms with Crippen molar-refractivity contribution in [2.24, 2.45) is 4.99 Å². The summed E-state index contributed by atoms with van der Waals surface area (Å²) in [5.74, 6) is 0.737. The summed E-state index contributed by atoms with van der Waals surface area (Å²) in [5, 5.41) is 2.84. The van der Waals surface area contributed by atoms with Crippen molar-refractivity contribution in [3.8, 4) is 0 Å². The number of carbonyl (C=O) groups is 1. The number of nitrogens with zero attached hydrogens (tertiary/aromatic N) is 1. The van der Waals surface area contributed by atoms with Crippen LogP contribution in [0.4, 0.5) is 0 Å². The first kappa shape index (κ1) is 10.9. The molecule has 0 aromatic heterocycles. The fourth-order valence-electron chi connectivity index (χ4n) is 1.77. The molecular weight excluding hydrogens is 200 g/mol. The predicted molar refractivity (Wildman–Crippen MR) is 64.6 cm³/mol. The van der Waals surface area contributed by atoms with Gasteiger partial charge in [0, 0.05) is 5.56 Å². The normalized spacial score (nSPS) is 19.5. The number of rotatable bonds is 3. The van der Waals surface area contributed by atoms with Crippen LogP contribution in [0, 0.1) is 6.92 Å². The molecule has 1 unspecified atom stereocenters. The Hall–Kier alpha value is -1.64. The molecule has 1 N–H and O–H groups in total. The zero-order valence-electron chi connectivity index (χ0n) is 9.66. The van der Waals surface area contributed by atoms with E-state index in [4.69, 9.17) is 0 Å². The molecular formula is C13H16N2O. The SMILES string of the molecule is CCCC1N=C(c2ccc(C)cc2)NC1=O. The van der Waals surface area contributed by atoms with Gasteiger partial charge in [-0.05, 0) is 13.3 Å². The lowest BCUT2D eigenvalue weighted by Gasteiger charge is -2.00. The summed E-state index contributed by atoms with van der Waals surface area (Å²) in [7, 11) is 0. The molecule has 1 aromatic rings. The predicted octanol–water partition coefficient (Wildman–Crippen LogP) is 2.04. The summed E-state index contributed by atoms with van der Waals surface area (Å²) in [6, 6.07) is 7.83. The number of carbonyl (C=O) groups excluding carboxylic acids is 1. The first-order valence-electron chi connectivity index (χ1n) is 5.66. The van der Waals surface area contributed by atoms with Gasteiger partial charge in [0.25, 0.3) is 0 Å². The number of nitrogens with one attached hydrogen (secondary N) is 1. The van der Waals surface area contributed by atoms with E-state index >= 15 is 0 Å². The van der Waals surface area contributed by atoms with Crippen molar-refractivity contribution in [1.29, 1.82) is 0 Å². The molecule has 1 amide bonds. The lowest BCUT2D eigenvalue weighted by Crippen LogP contribution is -2.29. The third-order valence-electron chi connectivity index (χ3n) is 2.72. The molecule has 3 heteroatoms. The highest BCUT2D eigenvalue weighted by Gasteiger charge is 2.25. The summed E-state index contributed by atoms with van der Waals surface area (Å²) >= 11 is 0. The van der Waals surface area contributed by atoms with Crippen molar-refractivity contribution in [1.82, 2.24) is 5.32 Å². The molecule has 1 aromatic carbocycles. The van der Waals surface area contributed by atoms with Gasteiger partial charge >= 0.3 is 0 Å². The fourth-order valence-corrected chi connectivity index (χ4v) is 1.77. The Morgan fingerprint density at radius 2 is 2.00 bits per heavy atom. The van der Waals surface area contributed by atoms with Crippen LogP contribution in [0.3, 0.4) is 0 Å². The van der Waals surface area contributed by atoms with E-state index < -0.39 is 0 Å². The molecule has 1 aliphatic rings. The van der Waals surface area contributed by atoms with Gasteiger partial charge in [0.1, 0.15) is 11.9 Å². The molecule has 3 nitrogen and oxygen atoms in total. The lowest BCUT2D eigenvalue weighted by atomic mass is 10.1. The van der Waals surface area contributed by atoms with Crippen LogP contribution in [-0.4, -0.2) is 17.8 Å². The smallest absolute Gasteiger partial charge is 0.250 e.